The molecule has 1 unspecified atom stereocenters. The molecule has 0 aromatic heterocycles. The summed E-state index contributed by atoms with van der Waals surface area (Å²) in [5.74, 6) is 0. The standard InChI is InChI=1S/C22H31NO3/c1-16-7-6-13-22(2,3)19(16)11-10-17-8-5-9-18(15-17)20(24)12-14-23(4)21(25)26/h5,8-11,15,20,24H,6-7,12-14H2,1-4H3,(H,25,26). The van der Waals surface area contributed by atoms with Gasteiger partial charge in [0.2, 0.25) is 0 Å². The second-order valence-electron chi connectivity index (χ2n) is 7.94. The van der Waals surface area contributed by atoms with Gasteiger partial charge in [-0.15, -0.1) is 0 Å². The van der Waals surface area contributed by atoms with Crippen molar-refractivity contribution in [2.45, 2.75) is 52.6 Å². The quantitative estimate of drug-likeness (QED) is 0.730. The predicted octanol–water partition coefficient (Wildman–Crippen LogP) is 5.26. The number of nitrogens with zero attached hydrogens (tertiary/aromatic N) is 1. The maximum absolute atomic E-state index is 10.8. The number of benzene rings is 1. The first-order valence-electron chi connectivity index (χ1n) is 9.31. The van der Waals surface area contributed by atoms with Crippen LogP contribution in [0.5, 0.6) is 0 Å². The SMILES string of the molecule is CC1=C(C=Cc2cccc(C(O)CCN(C)C(=O)O)c2)C(C)(C)CCC1. The average molecular weight is 357 g/mol. The smallest absolute Gasteiger partial charge is 0.407 e. The minimum absolute atomic E-state index is 0.206. The highest BCUT2D eigenvalue weighted by molar-refractivity contribution is 5.64. The Morgan fingerprint density at radius 3 is 2.73 bits per heavy atom. The molecule has 2 rings (SSSR count). The fraction of sp³-hybridized carbons (Fsp3) is 0.500. The molecule has 26 heavy (non-hydrogen) atoms. The van der Waals surface area contributed by atoms with Gasteiger partial charge in [0, 0.05) is 13.6 Å². The third-order valence-corrected chi connectivity index (χ3v) is 5.34. The first-order valence-corrected chi connectivity index (χ1v) is 9.31. The molecule has 0 fully saturated rings. The van der Waals surface area contributed by atoms with Gasteiger partial charge in [0.1, 0.15) is 0 Å². The number of carboxylic acid groups (broad SMARTS) is 1. The first-order chi connectivity index (χ1) is 12.2. The Bertz CT molecular complexity index is 703. The van der Waals surface area contributed by atoms with Crippen LogP contribution in [0.25, 0.3) is 6.08 Å². The van der Waals surface area contributed by atoms with Gasteiger partial charge in [0.05, 0.1) is 6.10 Å². The van der Waals surface area contributed by atoms with Gasteiger partial charge in [-0.05, 0) is 60.8 Å². The second-order valence-corrected chi connectivity index (χ2v) is 7.94. The van der Waals surface area contributed by atoms with Gasteiger partial charge in [-0.25, -0.2) is 4.79 Å². The number of aliphatic hydroxyl groups excluding tert-OH is 1. The number of aliphatic hydroxyl groups is 1. The highest BCUT2D eigenvalue weighted by Crippen LogP contribution is 2.41. The van der Waals surface area contributed by atoms with Crippen LogP contribution in [-0.4, -0.2) is 34.8 Å². The van der Waals surface area contributed by atoms with Crippen LogP contribution in [0.15, 0.2) is 41.5 Å². The Kier molecular flexibility index (Phi) is 6.65. The molecule has 0 spiro atoms. The molecule has 1 amide bonds. The monoisotopic (exact) mass is 357 g/mol. The van der Waals surface area contributed by atoms with Gasteiger partial charge in [0.15, 0.2) is 0 Å². The van der Waals surface area contributed by atoms with Gasteiger partial charge in [-0.1, -0.05) is 49.8 Å². The Morgan fingerprint density at radius 1 is 1.35 bits per heavy atom. The molecule has 0 bridgehead atoms. The summed E-state index contributed by atoms with van der Waals surface area (Å²) in [6.07, 6.45) is 6.70. The average Bonchev–Trinajstić information content (AvgIpc) is 2.58. The summed E-state index contributed by atoms with van der Waals surface area (Å²) in [6.45, 7) is 7.12. The van der Waals surface area contributed by atoms with Crippen molar-refractivity contribution >= 4 is 12.2 Å². The Labute approximate surface area is 156 Å². The molecule has 0 radical (unpaired) electrons. The number of hydrogen-bond acceptors (Lipinski definition) is 2. The number of amides is 1. The summed E-state index contributed by atoms with van der Waals surface area (Å²) in [4.78, 5) is 12.0. The van der Waals surface area contributed by atoms with Crippen LogP contribution in [0.3, 0.4) is 0 Å². The topological polar surface area (TPSA) is 60.8 Å². The summed E-state index contributed by atoms with van der Waals surface area (Å²) in [6, 6.07) is 7.83. The predicted molar refractivity (Wildman–Crippen MR) is 106 cm³/mol. The van der Waals surface area contributed by atoms with Crippen molar-refractivity contribution in [1.82, 2.24) is 4.90 Å². The van der Waals surface area contributed by atoms with Gasteiger partial charge >= 0.3 is 6.09 Å². The molecule has 0 heterocycles. The van der Waals surface area contributed by atoms with E-state index in [2.05, 4.69) is 32.9 Å². The minimum atomic E-state index is -0.979. The number of hydrogen-bond donors (Lipinski definition) is 2. The van der Waals surface area contributed by atoms with Crippen molar-refractivity contribution < 1.29 is 15.0 Å². The number of carbonyl (C=O) groups is 1. The van der Waals surface area contributed by atoms with Gasteiger partial charge in [-0.3, -0.25) is 0 Å². The van der Waals surface area contributed by atoms with Gasteiger partial charge in [0.25, 0.3) is 0 Å². The van der Waals surface area contributed by atoms with Crippen molar-refractivity contribution in [2.24, 2.45) is 5.41 Å². The molecule has 1 atom stereocenters. The van der Waals surface area contributed by atoms with Crippen LogP contribution in [0.2, 0.25) is 0 Å². The molecule has 0 saturated heterocycles. The molecular formula is C22H31NO3. The van der Waals surface area contributed by atoms with E-state index in [-0.39, 0.29) is 5.41 Å². The maximum Gasteiger partial charge on any atom is 0.407 e. The molecular weight excluding hydrogens is 326 g/mol. The number of allylic oxidation sites excluding steroid dienone is 3. The zero-order valence-corrected chi connectivity index (χ0v) is 16.3. The van der Waals surface area contributed by atoms with Crippen LogP contribution < -0.4 is 0 Å². The molecule has 1 aromatic rings. The van der Waals surface area contributed by atoms with E-state index in [0.29, 0.717) is 13.0 Å². The molecule has 1 aliphatic carbocycles. The van der Waals surface area contributed by atoms with Gasteiger partial charge in [-0.2, -0.15) is 0 Å². The highest BCUT2D eigenvalue weighted by Gasteiger charge is 2.26. The lowest BCUT2D eigenvalue weighted by atomic mass is 9.72. The molecule has 4 heteroatoms. The van der Waals surface area contributed by atoms with Crippen molar-refractivity contribution in [3.05, 3.63) is 52.6 Å². The zero-order valence-electron chi connectivity index (χ0n) is 16.3. The van der Waals surface area contributed by atoms with E-state index in [4.69, 9.17) is 5.11 Å². The second kappa shape index (κ2) is 8.54. The first kappa shape index (κ1) is 20.2. The summed E-state index contributed by atoms with van der Waals surface area (Å²) in [5.41, 5.74) is 4.95. The van der Waals surface area contributed by atoms with E-state index in [1.165, 1.54) is 42.4 Å². The number of rotatable bonds is 6. The summed E-state index contributed by atoms with van der Waals surface area (Å²) in [7, 11) is 1.51. The van der Waals surface area contributed by atoms with Crippen LogP contribution in [0, 0.1) is 5.41 Å². The van der Waals surface area contributed by atoms with E-state index in [9.17, 15) is 9.90 Å². The van der Waals surface area contributed by atoms with Crippen molar-refractivity contribution in [1.29, 1.82) is 0 Å². The minimum Gasteiger partial charge on any atom is -0.465 e. The lowest BCUT2D eigenvalue weighted by molar-refractivity contribution is 0.131. The van der Waals surface area contributed by atoms with Crippen LogP contribution in [0.4, 0.5) is 4.79 Å². The molecule has 2 N–H and O–H groups in total. The Morgan fingerprint density at radius 2 is 2.08 bits per heavy atom. The normalized spacial score (nSPS) is 18.2. The Hall–Kier alpha value is -2.07. The van der Waals surface area contributed by atoms with Crippen LogP contribution in [0.1, 0.15) is 63.7 Å². The van der Waals surface area contributed by atoms with E-state index in [1.54, 1.807) is 0 Å². The summed E-state index contributed by atoms with van der Waals surface area (Å²) in [5, 5.41) is 19.3. The van der Waals surface area contributed by atoms with E-state index >= 15 is 0 Å². The lowest BCUT2D eigenvalue weighted by Crippen LogP contribution is -2.26. The molecule has 0 aliphatic heterocycles. The lowest BCUT2D eigenvalue weighted by Gasteiger charge is -2.32. The van der Waals surface area contributed by atoms with Crippen molar-refractivity contribution in [3.8, 4) is 0 Å². The van der Waals surface area contributed by atoms with Crippen LogP contribution in [-0.2, 0) is 0 Å². The molecule has 4 nitrogen and oxygen atoms in total. The fourth-order valence-electron chi connectivity index (χ4n) is 3.64. The maximum atomic E-state index is 10.8. The molecule has 1 aliphatic rings. The Balaban J connectivity index is 2.10. The summed E-state index contributed by atoms with van der Waals surface area (Å²) < 4.78 is 0. The largest absolute Gasteiger partial charge is 0.465 e. The molecule has 0 saturated carbocycles. The van der Waals surface area contributed by atoms with E-state index in [0.717, 1.165) is 11.1 Å². The highest BCUT2D eigenvalue weighted by atomic mass is 16.4. The molecule has 1 aromatic carbocycles. The van der Waals surface area contributed by atoms with Gasteiger partial charge < -0.3 is 15.1 Å². The third-order valence-electron chi connectivity index (χ3n) is 5.34. The third kappa shape index (κ3) is 5.21. The fourth-order valence-corrected chi connectivity index (χ4v) is 3.64. The van der Waals surface area contributed by atoms with E-state index < -0.39 is 12.2 Å². The van der Waals surface area contributed by atoms with E-state index in [1.807, 2.05) is 24.3 Å². The van der Waals surface area contributed by atoms with Crippen molar-refractivity contribution in [3.63, 3.8) is 0 Å². The van der Waals surface area contributed by atoms with Crippen molar-refractivity contribution in [2.75, 3.05) is 13.6 Å². The molecule has 142 valence electrons. The zero-order chi connectivity index (χ0) is 19.3. The summed E-state index contributed by atoms with van der Waals surface area (Å²) >= 11 is 0. The van der Waals surface area contributed by atoms with Crippen LogP contribution >= 0.6 is 0 Å².